The van der Waals surface area contributed by atoms with Gasteiger partial charge in [0.05, 0.1) is 11.7 Å². The van der Waals surface area contributed by atoms with Gasteiger partial charge in [0.2, 0.25) is 5.95 Å². The number of rotatable bonds is 5. The molecule has 3 N–H and O–H groups in total. The molecule has 1 saturated carbocycles. The highest BCUT2D eigenvalue weighted by Gasteiger charge is 2.21. The van der Waals surface area contributed by atoms with E-state index in [1.54, 1.807) is 0 Å². The lowest BCUT2D eigenvalue weighted by Gasteiger charge is -2.17. The number of nitrogens with zero attached hydrogens (tertiary/aromatic N) is 3. The van der Waals surface area contributed by atoms with E-state index in [2.05, 4.69) is 34.1 Å². The quantitative estimate of drug-likeness (QED) is 0.586. The second-order valence-corrected chi connectivity index (χ2v) is 8.84. The summed E-state index contributed by atoms with van der Waals surface area (Å²) in [6, 6.07) is 6.33. The Balaban J connectivity index is 0.000000354. The van der Waals surface area contributed by atoms with Crippen LogP contribution >= 0.6 is 0 Å². The van der Waals surface area contributed by atoms with Gasteiger partial charge in [-0.25, -0.2) is 14.4 Å². The number of ether oxygens (including phenoxy) is 1. The normalized spacial score (nSPS) is 16.1. The number of pyridine rings is 1. The predicted molar refractivity (Wildman–Crippen MR) is 126 cm³/mol. The number of fused-ring (bicyclic) bond motifs is 1. The maximum absolute atomic E-state index is 14.2. The summed E-state index contributed by atoms with van der Waals surface area (Å²) in [5.74, 6) is -0.0951. The van der Waals surface area contributed by atoms with E-state index in [0.29, 0.717) is 17.5 Å². The van der Waals surface area contributed by atoms with Crippen LogP contribution in [0, 0.1) is 5.82 Å². The molecule has 6 nitrogen and oxygen atoms in total. The van der Waals surface area contributed by atoms with Crippen LogP contribution in [0.1, 0.15) is 63.0 Å². The highest BCUT2D eigenvalue weighted by atomic mass is 19.1. The van der Waals surface area contributed by atoms with Crippen LogP contribution in [-0.2, 0) is 11.3 Å². The topological polar surface area (TPSA) is 86.0 Å². The van der Waals surface area contributed by atoms with Crippen molar-refractivity contribution in [1.82, 2.24) is 20.3 Å². The summed E-state index contributed by atoms with van der Waals surface area (Å²) in [7, 11) is 0. The van der Waals surface area contributed by atoms with Crippen LogP contribution in [-0.4, -0.2) is 34.2 Å². The Bertz CT molecular complexity index is 1050. The van der Waals surface area contributed by atoms with E-state index in [4.69, 9.17) is 10.5 Å². The first-order chi connectivity index (χ1) is 15.5. The molecule has 1 aliphatic heterocycles. The Morgan fingerprint density at radius 2 is 1.91 bits per heavy atom. The maximum Gasteiger partial charge on any atom is 0.220 e. The Kier molecular flexibility index (Phi) is 7.27. The summed E-state index contributed by atoms with van der Waals surface area (Å²) < 4.78 is 19.3. The Morgan fingerprint density at radius 1 is 1.12 bits per heavy atom. The molecule has 1 aliphatic carbocycles. The van der Waals surface area contributed by atoms with Crippen LogP contribution in [0.3, 0.4) is 0 Å². The molecule has 0 bridgehead atoms. The van der Waals surface area contributed by atoms with Crippen molar-refractivity contribution in [2.75, 3.05) is 18.9 Å². The van der Waals surface area contributed by atoms with Crippen molar-refractivity contribution in [2.24, 2.45) is 0 Å². The summed E-state index contributed by atoms with van der Waals surface area (Å²) in [6.45, 7) is 7.15. The average Bonchev–Trinajstić information content (AvgIpc) is 3.64. The van der Waals surface area contributed by atoms with E-state index < -0.39 is 5.82 Å². The van der Waals surface area contributed by atoms with Gasteiger partial charge in [0.25, 0.3) is 0 Å². The van der Waals surface area contributed by atoms with Crippen LogP contribution in [0.15, 0.2) is 30.6 Å². The third kappa shape index (κ3) is 5.58. The van der Waals surface area contributed by atoms with Gasteiger partial charge < -0.3 is 15.8 Å². The van der Waals surface area contributed by atoms with Gasteiger partial charge in [-0.05, 0) is 61.3 Å². The van der Waals surface area contributed by atoms with Gasteiger partial charge in [0.15, 0.2) is 5.82 Å². The van der Waals surface area contributed by atoms with E-state index in [9.17, 15) is 4.39 Å². The number of nitrogen functional groups attached to an aromatic ring is 1. The molecule has 1 saturated heterocycles. The molecule has 3 aromatic rings. The van der Waals surface area contributed by atoms with Gasteiger partial charge in [0.1, 0.15) is 5.69 Å². The molecule has 0 unspecified atom stereocenters. The number of anilines is 1. The van der Waals surface area contributed by atoms with Crippen molar-refractivity contribution in [3.63, 3.8) is 0 Å². The molecule has 7 heteroatoms. The lowest BCUT2D eigenvalue weighted by molar-refractivity contribution is 0.0968. The minimum absolute atomic E-state index is 0.0612. The SMILES string of the molecule is C1CCOCC1.CC(C)c1c(CNC2CC2)cnc2ccc(-c3nc(N)ncc3F)cc12. The largest absolute Gasteiger partial charge is 0.381 e. The third-order valence-corrected chi connectivity index (χ3v) is 5.84. The van der Waals surface area contributed by atoms with E-state index in [1.807, 2.05) is 24.4 Å². The van der Waals surface area contributed by atoms with Crippen LogP contribution in [0.25, 0.3) is 22.2 Å². The van der Waals surface area contributed by atoms with Crippen molar-refractivity contribution >= 4 is 16.9 Å². The smallest absolute Gasteiger partial charge is 0.220 e. The molecule has 0 radical (unpaired) electrons. The number of halogens is 1. The molecule has 32 heavy (non-hydrogen) atoms. The van der Waals surface area contributed by atoms with Crippen molar-refractivity contribution in [3.8, 4) is 11.3 Å². The highest BCUT2D eigenvalue weighted by molar-refractivity contribution is 5.88. The summed E-state index contributed by atoms with van der Waals surface area (Å²) in [6.07, 6.45) is 9.49. The molecule has 2 aromatic heterocycles. The first kappa shape index (κ1) is 22.6. The minimum Gasteiger partial charge on any atom is -0.381 e. The monoisotopic (exact) mass is 437 g/mol. The highest BCUT2D eigenvalue weighted by Crippen LogP contribution is 2.32. The third-order valence-electron chi connectivity index (χ3n) is 5.84. The van der Waals surface area contributed by atoms with E-state index in [1.165, 1.54) is 43.2 Å². The molecule has 3 heterocycles. The maximum atomic E-state index is 14.2. The molecule has 1 aromatic carbocycles. The second kappa shape index (κ2) is 10.3. The summed E-state index contributed by atoms with van der Waals surface area (Å²) in [4.78, 5) is 12.4. The van der Waals surface area contributed by atoms with E-state index >= 15 is 0 Å². The average molecular weight is 438 g/mol. The fraction of sp³-hybridized carbons (Fsp3) is 0.480. The summed E-state index contributed by atoms with van der Waals surface area (Å²) >= 11 is 0. The minimum atomic E-state index is -0.482. The number of hydrogen-bond acceptors (Lipinski definition) is 6. The number of nitrogens with one attached hydrogen (secondary N) is 1. The molecule has 0 amide bonds. The summed E-state index contributed by atoms with van der Waals surface area (Å²) in [5, 5.41) is 4.59. The van der Waals surface area contributed by atoms with Crippen molar-refractivity contribution in [3.05, 3.63) is 47.5 Å². The zero-order chi connectivity index (χ0) is 22.5. The van der Waals surface area contributed by atoms with E-state index in [-0.39, 0.29) is 11.6 Å². The zero-order valence-corrected chi connectivity index (χ0v) is 18.9. The van der Waals surface area contributed by atoms with Gasteiger partial charge in [0, 0.05) is 42.9 Å². The number of hydrogen-bond donors (Lipinski definition) is 2. The molecule has 0 spiro atoms. The van der Waals surface area contributed by atoms with Crippen molar-refractivity contribution in [1.29, 1.82) is 0 Å². The molecule has 2 fully saturated rings. The molecule has 0 atom stereocenters. The molecular weight excluding hydrogens is 405 g/mol. The van der Waals surface area contributed by atoms with Crippen LogP contribution in [0.5, 0.6) is 0 Å². The standard InChI is InChI=1S/C20H22FN5.C5H10O/c1-11(2)18-13(8-23-14-4-5-14)9-24-17-6-3-12(7-15(17)18)19-16(21)10-25-20(22)26-19;1-2-4-6-5-3-1/h3,6-7,9-11,14,23H,4-5,8H2,1-2H3,(H2,22,25,26);1-5H2. The van der Waals surface area contributed by atoms with Crippen LogP contribution in [0.2, 0.25) is 0 Å². The fourth-order valence-electron chi connectivity index (χ4n) is 4.04. The van der Waals surface area contributed by atoms with E-state index in [0.717, 1.165) is 36.9 Å². The lowest BCUT2D eigenvalue weighted by atomic mass is 9.92. The van der Waals surface area contributed by atoms with Gasteiger partial charge in [-0.3, -0.25) is 4.98 Å². The van der Waals surface area contributed by atoms with Gasteiger partial charge in [-0.2, -0.15) is 0 Å². The van der Waals surface area contributed by atoms with Crippen molar-refractivity contribution in [2.45, 2.75) is 64.5 Å². The van der Waals surface area contributed by atoms with Gasteiger partial charge in [-0.1, -0.05) is 19.9 Å². The fourth-order valence-corrected chi connectivity index (χ4v) is 4.04. The van der Waals surface area contributed by atoms with Gasteiger partial charge in [-0.15, -0.1) is 0 Å². The second-order valence-electron chi connectivity index (χ2n) is 8.84. The zero-order valence-electron chi connectivity index (χ0n) is 18.9. The molecule has 2 aliphatic rings. The molecule has 5 rings (SSSR count). The van der Waals surface area contributed by atoms with Crippen LogP contribution < -0.4 is 11.1 Å². The Morgan fingerprint density at radius 3 is 2.53 bits per heavy atom. The van der Waals surface area contributed by atoms with Crippen molar-refractivity contribution < 1.29 is 9.13 Å². The van der Waals surface area contributed by atoms with Gasteiger partial charge >= 0.3 is 0 Å². The number of aromatic nitrogens is 3. The molecule has 170 valence electrons. The number of benzene rings is 1. The van der Waals surface area contributed by atoms with Crippen LogP contribution in [0.4, 0.5) is 10.3 Å². The lowest BCUT2D eigenvalue weighted by Crippen LogP contribution is -2.17. The number of nitrogens with two attached hydrogens (primary N) is 1. The molecular formula is C25H32FN5O. The first-order valence-corrected chi connectivity index (χ1v) is 11.5. The Labute approximate surface area is 188 Å². The first-order valence-electron chi connectivity index (χ1n) is 11.5. The summed E-state index contributed by atoms with van der Waals surface area (Å²) in [5.41, 5.74) is 9.88. The Hall–Kier alpha value is -2.64. The predicted octanol–water partition coefficient (Wildman–Crippen LogP) is 4.98.